The van der Waals surface area contributed by atoms with Gasteiger partial charge in [0.25, 0.3) is 10.0 Å². The highest BCUT2D eigenvalue weighted by atomic mass is 32.2. The predicted octanol–water partition coefficient (Wildman–Crippen LogP) is 1.17. The molecule has 0 saturated carbocycles. The van der Waals surface area contributed by atoms with Gasteiger partial charge in [0.2, 0.25) is 5.91 Å². The monoisotopic (exact) mass is 359 g/mol. The number of carbonyl (C=O) groups is 1. The molecule has 2 atom stereocenters. The zero-order chi connectivity index (χ0) is 17.0. The third-order valence-corrected chi connectivity index (χ3v) is 7.79. The number of carbonyl (C=O) groups excluding carboxylic acids is 1. The highest BCUT2D eigenvalue weighted by molar-refractivity contribution is 7.91. The number of sulfonamides is 1. The van der Waals surface area contributed by atoms with Crippen molar-refractivity contribution in [3.05, 3.63) is 17.0 Å². The normalized spacial score (nSPS) is 22.9. The Bertz CT molecular complexity index is 642. The van der Waals surface area contributed by atoms with Crippen LogP contribution in [0, 0.1) is 5.92 Å². The lowest BCUT2D eigenvalue weighted by Crippen LogP contribution is -2.51. The number of nitrogens with zero attached hydrogens (tertiary/aromatic N) is 1. The Balaban J connectivity index is 2.13. The molecule has 0 bridgehead atoms. The maximum atomic E-state index is 12.9. The second-order valence-electron chi connectivity index (χ2n) is 5.99. The van der Waals surface area contributed by atoms with E-state index in [2.05, 4.69) is 12.2 Å². The standard InChI is InChI=1S/C15H25N3O3S2/c1-11-4-3-9-18(14(11)10-16)23(20,21)15-6-5-13(22-15)7-8-17-12(2)19/h5-6,11,14H,3-4,7-10,16H2,1-2H3,(H,17,19)/t11-,14+/m0/s1. The summed E-state index contributed by atoms with van der Waals surface area (Å²) in [6.07, 6.45) is 2.52. The largest absolute Gasteiger partial charge is 0.356 e. The maximum absolute atomic E-state index is 12.9. The van der Waals surface area contributed by atoms with Crippen molar-refractivity contribution in [1.29, 1.82) is 0 Å². The maximum Gasteiger partial charge on any atom is 0.252 e. The van der Waals surface area contributed by atoms with Gasteiger partial charge in [-0.25, -0.2) is 8.42 Å². The van der Waals surface area contributed by atoms with E-state index in [0.717, 1.165) is 17.7 Å². The number of hydrogen-bond donors (Lipinski definition) is 2. The molecule has 0 unspecified atom stereocenters. The van der Waals surface area contributed by atoms with Crippen molar-refractivity contribution in [3.8, 4) is 0 Å². The number of nitrogens with two attached hydrogens (primary N) is 1. The molecular weight excluding hydrogens is 334 g/mol. The molecule has 1 aliphatic heterocycles. The smallest absolute Gasteiger partial charge is 0.252 e. The molecule has 2 rings (SSSR count). The number of hydrogen-bond acceptors (Lipinski definition) is 5. The Morgan fingerprint density at radius 2 is 2.22 bits per heavy atom. The average molecular weight is 360 g/mol. The summed E-state index contributed by atoms with van der Waals surface area (Å²) in [6, 6.07) is 3.36. The molecule has 6 nitrogen and oxygen atoms in total. The number of rotatable bonds is 6. The third kappa shape index (κ3) is 4.32. The summed E-state index contributed by atoms with van der Waals surface area (Å²) in [5.41, 5.74) is 5.82. The topological polar surface area (TPSA) is 92.5 Å². The van der Waals surface area contributed by atoms with E-state index in [9.17, 15) is 13.2 Å². The molecular formula is C15H25N3O3S2. The molecule has 3 N–H and O–H groups in total. The second-order valence-corrected chi connectivity index (χ2v) is 9.28. The van der Waals surface area contributed by atoms with Crippen molar-refractivity contribution in [2.75, 3.05) is 19.6 Å². The Labute approximate surface area is 142 Å². The van der Waals surface area contributed by atoms with Crippen LogP contribution in [-0.2, 0) is 21.2 Å². The van der Waals surface area contributed by atoms with E-state index in [4.69, 9.17) is 5.73 Å². The van der Waals surface area contributed by atoms with Gasteiger partial charge in [0.15, 0.2) is 0 Å². The van der Waals surface area contributed by atoms with E-state index >= 15 is 0 Å². The van der Waals surface area contributed by atoms with E-state index in [1.165, 1.54) is 18.3 Å². The first-order valence-corrected chi connectivity index (χ1v) is 10.2. The van der Waals surface area contributed by atoms with Gasteiger partial charge in [-0.2, -0.15) is 4.31 Å². The SMILES string of the molecule is CC(=O)NCCc1ccc(S(=O)(=O)N2CCC[C@H](C)[C@H]2CN)s1. The summed E-state index contributed by atoms with van der Waals surface area (Å²) in [6.45, 7) is 4.93. The fourth-order valence-corrected chi connectivity index (χ4v) is 6.22. The summed E-state index contributed by atoms with van der Waals surface area (Å²) < 4.78 is 27.8. The Morgan fingerprint density at radius 3 is 2.87 bits per heavy atom. The van der Waals surface area contributed by atoms with Crippen molar-refractivity contribution in [1.82, 2.24) is 9.62 Å². The minimum atomic E-state index is -3.49. The molecule has 1 amide bonds. The molecule has 1 fully saturated rings. The predicted molar refractivity (Wildman–Crippen MR) is 91.8 cm³/mol. The van der Waals surface area contributed by atoms with Crippen LogP contribution in [0.2, 0.25) is 0 Å². The molecule has 130 valence electrons. The van der Waals surface area contributed by atoms with Crippen molar-refractivity contribution in [3.63, 3.8) is 0 Å². The first kappa shape index (κ1) is 18.4. The van der Waals surface area contributed by atoms with Gasteiger partial charge in [0, 0.05) is 37.5 Å². The van der Waals surface area contributed by atoms with Gasteiger partial charge < -0.3 is 11.1 Å². The molecule has 0 aliphatic carbocycles. The molecule has 1 saturated heterocycles. The van der Waals surface area contributed by atoms with Crippen LogP contribution in [0.4, 0.5) is 0 Å². The van der Waals surface area contributed by atoms with Crippen LogP contribution < -0.4 is 11.1 Å². The summed E-state index contributed by atoms with van der Waals surface area (Å²) in [7, 11) is -3.49. The molecule has 1 aromatic rings. The van der Waals surface area contributed by atoms with E-state index < -0.39 is 10.0 Å². The van der Waals surface area contributed by atoms with Crippen LogP contribution in [0.25, 0.3) is 0 Å². The fourth-order valence-electron chi connectivity index (χ4n) is 2.97. The Morgan fingerprint density at radius 1 is 1.48 bits per heavy atom. The fraction of sp³-hybridized carbons (Fsp3) is 0.667. The van der Waals surface area contributed by atoms with Crippen LogP contribution >= 0.6 is 11.3 Å². The summed E-state index contributed by atoms with van der Waals surface area (Å²) in [5.74, 6) is 0.199. The summed E-state index contributed by atoms with van der Waals surface area (Å²) in [5, 5.41) is 2.72. The average Bonchev–Trinajstić information content (AvgIpc) is 2.96. The van der Waals surface area contributed by atoms with Gasteiger partial charge in [-0.1, -0.05) is 6.92 Å². The highest BCUT2D eigenvalue weighted by Gasteiger charge is 2.37. The molecule has 8 heteroatoms. The number of piperidine rings is 1. The van der Waals surface area contributed by atoms with Gasteiger partial charge >= 0.3 is 0 Å². The molecule has 1 aromatic heterocycles. The van der Waals surface area contributed by atoms with Crippen LogP contribution in [0.3, 0.4) is 0 Å². The van der Waals surface area contributed by atoms with E-state index in [1.807, 2.05) is 6.07 Å². The lowest BCUT2D eigenvalue weighted by atomic mass is 9.93. The van der Waals surface area contributed by atoms with Crippen molar-refractivity contribution >= 4 is 27.3 Å². The van der Waals surface area contributed by atoms with Crippen molar-refractivity contribution in [2.24, 2.45) is 11.7 Å². The van der Waals surface area contributed by atoms with E-state index in [-0.39, 0.29) is 17.9 Å². The van der Waals surface area contributed by atoms with E-state index in [0.29, 0.717) is 30.3 Å². The van der Waals surface area contributed by atoms with Crippen LogP contribution in [-0.4, -0.2) is 44.3 Å². The van der Waals surface area contributed by atoms with Crippen molar-refractivity contribution < 1.29 is 13.2 Å². The summed E-state index contributed by atoms with van der Waals surface area (Å²) >= 11 is 1.28. The molecule has 2 heterocycles. The zero-order valence-corrected chi connectivity index (χ0v) is 15.3. The number of thiophene rings is 1. The van der Waals surface area contributed by atoms with Gasteiger partial charge in [-0.05, 0) is 37.3 Å². The number of amides is 1. The van der Waals surface area contributed by atoms with E-state index in [1.54, 1.807) is 10.4 Å². The Kier molecular flexibility index (Phi) is 6.19. The number of nitrogens with one attached hydrogen (secondary N) is 1. The van der Waals surface area contributed by atoms with Crippen molar-refractivity contribution in [2.45, 2.75) is 43.4 Å². The van der Waals surface area contributed by atoms with Gasteiger partial charge in [-0.3, -0.25) is 4.79 Å². The van der Waals surface area contributed by atoms with Crippen LogP contribution in [0.1, 0.15) is 31.6 Å². The second kappa shape index (κ2) is 7.74. The lowest BCUT2D eigenvalue weighted by molar-refractivity contribution is -0.118. The molecule has 0 radical (unpaired) electrons. The molecule has 23 heavy (non-hydrogen) atoms. The lowest BCUT2D eigenvalue weighted by Gasteiger charge is -2.37. The Hall–Kier alpha value is -0.960. The first-order valence-electron chi connectivity index (χ1n) is 7.91. The minimum absolute atomic E-state index is 0.0810. The molecule has 0 aromatic carbocycles. The van der Waals surface area contributed by atoms with Gasteiger partial charge in [0.1, 0.15) is 4.21 Å². The zero-order valence-electron chi connectivity index (χ0n) is 13.6. The van der Waals surface area contributed by atoms with Gasteiger partial charge in [0.05, 0.1) is 0 Å². The van der Waals surface area contributed by atoms with Crippen LogP contribution in [0.5, 0.6) is 0 Å². The molecule has 0 spiro atoms. The first-order chi connectivity index (χ1) is 10.9. The van der Waals surface area contributed by atoms with Crippen LogP contribution in [0.15, 0.2) is 16.3 Å². The molecule has 1 aliphatic rings. The minimum Gasteiger partial charge on any atom is -0.356 e. The highest BCUT2D eigenvalue weighted by Crippen LogP contribution is 2.31. The quantitative estimate of drug-likeness (QED) is 0.797. The van der Waals surface area contributed by atoms with Gasteiger partial charge in [-0.15, -0.1) is 11.3 Å². The summed E-state index contributed by atoms with van der Waals surface area (Å²) in [4.78, 5) is 11.8. The third-order valence-electron chi connectivity index (χ3n) is 4.25.